The molecule has 0 amide bonds. The molecule has 2 rings (SSSR count). The summed E-state index contributed by atoms with van der Waals surface area (Å²) >= 11 is 3.52. The molecule has 1 aromatic rings. The zero-order chi connectivity index (χ0) is 12.5. The summed E-state index contributed by atoms with van der Waals surface area (Å²) in [5.74, 6) is 0.0571. The molecule has 0 saturated heterocycles. The van der Waals surface area contributed by atoms with Crippen LogP contribution >= 0.6 is 15.9 Å². The minimum absolute atomic E-state index is 0.0571. The van der Waals surface area contributed by atoms with Gasteiger partial charge in [0.2, 0.25) is 0 Å². The second-order valence-electron chi connectivity index (χ2n) is 4.53. The van der Waals surface area contributed by atoms with Gasteiger partial charge in [-0.05, 0) is 43.2 Å². The van der Waals surface area contributed by atoms with Gasteiger partial charge in [-0.15, -0.1) is 0 Å². The van der Waals surface area contributed by atoms with E-state index in [1.54, 1.807) is 12.1 Å². The highest BCUT2D eigenvalue weighted by Crippen LogP contribution is 2.41. The number of hydrogen-bond acceptors (Lipinski definition) is 0. The first-order valence-corrected chi connectivity index (χ1v) is 6.70. The van der Waals surface area contributed by atoms with Gasteiger partial charge in [-0.25, -0.2) is 0 Å². The van der Waals surface area contributed by atoms with Crippen LogP contribution in [-0.4, -0.2) is 4.83 Å². The molecule has 0 spiro atoms. The molecule has 0 bridgehead atoms. The van der Waals surface area contributed by atoms with Gasteiger partial charge >= 0.3 is 6.18 Å². The Morgan fingerprint density at radius 1 is 1.00 bits per heavy atom. The van der Waals surface area contributed by atoms with Crippen LogP contribution in [0.15, 0.2) is 24.3 Å². The van der Waals surface area contributed by atoms with Gasteiger partial charge in [-0.3, -0.25) is 0 Å². The Morgan fingerprint density at radius 2 is 1.59 bits per heavy atom. The minimum atomic E-state index is -4.23. The van der Waals surface area contributed by atoms with E-state index in [1.165, 1.54) is 12.1 Å². The summed E-state index contributed by atoms with van der Waals surface area (Å²) in [5, 5.41) is 0. The maximum Gasteiger partial charge on any atom is 0.416 e. The van der Waals surface area contributed by atoms with E-state index >= 15 is 0 Å². The van der Waals surface area contributed by atoms with Crippen molar-refractivity contribution < 1.29 is 13.2 Å². The number of hydrogen-bond donors (Lipinski definition) is 0. The minimum Gasteiger partial charge on any atom is -0.166 e. The molecule has 0 nitrogen and oxygen atoms in total. The van der Waals surface area contributed by atoms with Gasteiger partial charge < -0.3 is 0 Å². The van der Waals surface area contributed by atoms with Crippen molar-refractivity contribution in [3.8, 4) is 0 Å². The molecular weight excluding hydrogens is 293 g/mol. The fourth-order valence-electron chi connectivity index (χ4n) is 2.47. The number of alkyl halides is 4. The predicted molar refractivity (Wildman–Crippen MR) is 65.4 cm³/mol. The summed E-state index contributed by atoms with van der Waals surface area (Å²) in [7, 11) is 0. The Balaban J connectivity index is 2.26. The number of halogens is 4. The van der Waals surface area contributed by atoms with E-state index in [4.69, 9.17) is 0 Å². The van der Waals surface area contributed by atoms with Crippen molar-refractivity contribution in [2.24, 2.45) is 0 Å². The van der Waals surface area contributed by atoms with Crippen LogP contribution in [0.25, 0.3) is 0 Å². The first-order chi connectivity index (χ1) is 7.98. The number of rotatable bonds is 1. The monoisotopic (exact) mass is 306 g/mol. The molecule has 4 heteroatoms. The predicted octanol–water partition coefficient (Wildman–Crippen LogP) is 5.13. The summed E-state index contributed by atoms with van der Waals surface area (Å²) in [4.78, 5) is 0.469. The largest absolute Gasteiger partial charge is 0.416 e. The molecule has 0 aromatic heterocycles. The summed E-state index contributed by atoms with van der Waals surface area (Å²) in [6, 6.07) is 5.98. The van der Waals surface area contributed by atoms with Crippen molar-refractivity contribution in [2.75, 3.05) is 0 Å². The normalized spacial score (nSPS) is 25.9. The van der Waals surface area contributed by atoms with Crippen molar-refractivity contribution in [2.45, 2.75) is 42.6 Å². The van der Waals surface area contributed by atoms with Crippen molar-refractivity contribution in [1.29, 1.82) is 0 Å². The van der Waals surface area contributed by atoms with Gasteiger partial charge in [0.25, 0.3) is 0 Å². The molecular formula is C13H14BrF3. The average molecular weight is 307 g/mol. The third-order valence-electron chi connectivity index (χ3n) is 3.36. The molecule has 94 valence electrons. The molecule has 0 unspecified atom stereocenters. The lowest BCUT2D eigenvalue weighted by Crippen LogP contribution is -2.17. The number of benzene rings is 1. The van der Waals surface area contributed by atoms with E-state index in [-0.39, 0.29) is 5.92 Å². The lowest BCUT2D eigenvalue weighted by molar-refractivity contribution is -0.138. The average Bonchev–Trinajstić information content (AvgIpc) is 2.29. The molecule has 1 saturated carbocycles. The second-order valence-corrected chi connectivity index (χ2v) is 5.83. The third-order valence-corrected chi connectivity index (χ3v) is 4.28. The lowest BCUT2D eigenvalue weighted by atomic mass is 9.82. The van der Waals surface area contributed by atoms with E-state index in [1.807, 2.05) is 0 Å². The Kier molecular flexibility index (Phi) is 3.81. The first-order valence-electron chi connectivity index (χ1n) is 5.78. The Morgan fingerprint density at radius 3 is 2.18 bits per heavy atom. The molecule has 1 aliphatic rings. The fourth-order valence-corrected chi connectivity index (χ4v) is 3.00. The smallest absolute Gasteiger partial charge is 0.166 e. The van der Waals surface area contributed by atoms with E-state index in [0.717, 1.165) is 25.7 Å². The summed E-state index contributed by atoms with van der Waals surface area (Å²) in [6.07, 6.45) is -0.651. The molecule has 1 fully saturated rings. The van der Waals surface area contributed by atoms with Crippen molar-refractivity contribution >= 4 is 15.9 Å². The van der Waals surface area contributed by atoms with Crippen LogP contribution in [0, 0.1) is 0 Å². The Labute approximate surface area is 107 Å². The zero-order valence-electron chi connectivity index (χ0n) is 9.30. The van der Waals surface area contributed by atoms with E-state index in [0.29, 0.717) is 10.4 Å². The molecule has 0 N–H and O–H groups in total. The maximum absolute atomic E-state index is 12.9. The Bertz CT molecular complexity index is 378. The molecule has 0 aliphatic heterocycles. The highest BCUT2D eigenvalue weighted by molar-refractivity contribution is 9.09. The van der Waals surface area contributed by atoms with Gasteiger partial charge in [-0.2, -0.15) is 13.2 Å². The summed E-state index contributed by atoms with van der Waals surface area (Å²) < 4.78 is 38.6. The van der Waals surface area contributed by atoms with Crippen molar-refractivity contribution in [3.05, 3.63) is 35.4 Å². The van der Waals surface area contributed by atoms with Gasteiger partial charge in [0.15, 0.2) is 0 Å². The molecule has 0 heterocycles. The van der Waals surface area contributed by atoms with Crippen LogP contribution in [0.4, 0.5) is 13.2 Å². The zero-order valence-corrected chi connectivity index (χ0v) is 10.9. The van der Waals surface area contributed by atoms with Gasteiger partial charge in [0.05, 0.1) is 5.56 Å². The van der Waals surface area contributed by atoms with Crippen LogP contribution in [-0.2, 0) is 6.18 Å². The first kappa shape index (κ1) is 12.9. The highest BCUT2D eigenvalue weighted by atomic mass is 79.9. The van der Waals surface area contributed by atoms with Crippen LogP contribution < -0.4 is 0 Å². The molecule has 0 radical (unpaired) electrons. The maximum atomic E-state index is 12.9. The van der Waals surface area contributed by atoms with Crippen LogP contribution in [0.2, 0.25) is 0 Å². The highest BCUT2D eigenvalue weighted by Gasteiger charge is 2.35. The van der Waals surface area contributed by atoms with Crippen molar-refractivity contribution in [3.63, 3.8) is 0 Å². The summed E-state index contributed by atoms with van der Waals surface area (Å²) in [5.41, 5.74) is 0.0115. The van der Waals surface area contributed by atoms with Gasteiger partial charge in [-0.1, -0.05) is 34.1 Å². The molecule has 0 atom stereocenters. The van der Waals surface area contributed by atoms with Crippen LogP contribution in [0.1, 0.15) is 42.7 Å². The van der Waals surface area contributed by atoms with Crippen molar-refractivity contribution in [1.82, 2.24) is 0 Å². The third kappa shape index (κ3) is 3.03. The fraction of sp³-hybridized carbons (Fsp3) is 0.538. The topological polar surface area (TPSA) is 0 Å². The molecule has 17 heavy (non-hydrogen) atoms. The Hall–Kier alpha value is -0.510. The quantitative estimate of drug-likeness (QED) is 0.631. The van der Waals surface area contributed by atoms with Gasteiger partial charge in [0.1, 0.15) is 0 Å². The molecule has 1 aliphatic carbocycles. The van der Waals surface area contributed by atoms with Gasteiger partial charge in [0, 0.05) is 4.83 Å². The van der Waals surface area contributed by atoms with Crippen LogP contribution in [0.5, 0.6) is 0 Å². The van der Waals surface area contributed by atoms with E-state index < -0.39 is 11.7 Å². The summed E-state index contributed by atoms with van der Waals surface area (Å²) in [6.45, 7) is 0. The standard InChI is InChI=1S/C13H14BrF3/c14-10-7-5-9(6-8-10)11-3-1-2-4-12(11)13(15,16)17/h1-4,9-10H,5-8H2. The molecule has 1 aromatic carbocycles. The lowest BCUT2D eigenvalue weighted by Gasteiger charge is -2.27. The van der Waals surface area contributed by atoms with E-state index in [9.17, 15) is 13.2 Å². The van der Waals surface area contributed by atoms with E-state index in [2.05, 4.69) is 15.9 Å². The second kappa shape index (κ2) is 5.01. The SMILES string of the molecule is FC(F)(F)c1ccccc1C1CCC(Br)CC1. The van der Waals surface area contributed by atoms with Crippen LogP contribution in [0.3, 0.4) is 0 Å².